The van der Waals surface area contributed by atoms with Gasteiger partial charge in [0, 0.05) is 10.0 Å². The molecule has 0 heterocycles. The number of hydrogen-bond donors (Lipinski definition) is 3. The first-order valence-electron chi connectivity index (χ1n) is 6.54. The van der Waals surface area contributed by atoms with Crippen LogP contribution in [0.1, 0.15) is 22.8 Å². The Bertz CT molecular complexity index is 702. The van der Waals surface area contributed by atoms with Crippen LogP contribution in [0.3, 0.4) is 0 Å². The van der Waals surface area contributed by atoms with Crippen molar-refractivity contribution in [3.8, 4) is 5.75 Å². The maximum atomic E-state index is 11.8. The molecule has 0 aliphatic heterocycles. The summed E-state index contributed by atoms with van der Waals surface area (Å²) in [4.78, 5) is 11.8. The third kappa shape index (κ3) is 3.93. The minimum Gasteiger partial charge on any atom is -0.507 e. The molecule has 2 aromatic rings. The summed E-state index contributed by atoms with van der Waals surface area (Å²) in [6.45, 7) is 1.76. The number of amides is 1. The molecule has 0 aromatic heterocycles. The van der Waals surface area contributed by atoms with E-state index in [1.807, 2.05) is 0 Å². The number of carbonyl (C=O) groups excluding carboxylic acids is 1. The van der Waals surface area contributed by atoms with Crippen molar-refractivity contribution in [1.29, 1.82) is 0 Å². The first-order valence-corrected chi connectivity index (χ1v) is 7.33. The van der Waals surface area contributed by atoms with E-state index in [1.54, 1.807) is 49.4 Å². The van der Waals surface area contributed by atoms with Crippen molar-refractivity contribution < 1.29 is 15.0 Å². The van der Waals surface area contributed by atoms with Gasteiger partial charge < -0.3 is 10.2 Å². The molecular weight excluding hydrogens is 348 g/mol. The maximum absolute atomic E-state index is 11.8. The average molecular weight is 363 g/mol. The van der Waals surface area contributed by atoms with Gasteiger partial charge in [0.25, 0.3) is 5.91 Å². The highest BCUT2D eigenvalue weighted by atomic mass is 79.9. The maximum Gasteiger partial charge on any atom is 0.273 e. The van der Waals surface area contributed by atoms with E-state index in [4.69, 9.17) is 0 Å². The molecule has 3 N–H and O–H groups in total. The molecule has 5 nitrogen and oxygen atoms in total. The van der Waals surface area contributed by atoms with E-state index in [2.05, 4.69) is 26.5 Å². The van der Waals surface area contributed by atoms with Crippen LogP contribution in [-0.4, -0.2) is 22.3 Å². The summed E-state index contributed by atoms with van der Waals surface area (Å²) in [5.41, 5.74) is 3.88. The molecule has 2 aromatic carbocycles. The topological polar surface area (TPSA) is 81.9 Å². The van der Waals surface area contributed by atoms with Crippen LogP contribution >= 0.6 is 15.9 Å². The van der Waals surface area contributed by atoms with E-state index >= 15 is 0 Å². The van der Waals surface area contributed by atoms with Crippen LogP contribution < -0.4 is 5.43 Å². The van der Waals surface area contributed by atoms with Crippen LogP contribution in [0.5, 0.6) is 5.75 Å². The summed E-state index contributed by atoms with van der Waals surface area (Å²) >= 11 is 3.32. The number of aromatic hydroxyl groups is 1. The fraction of sp³-hybridized carbons (Fsp3) is 0.125. The lowest BCUT2D eigenvalue weighted by molar-refractivity contribution is -0.129. The number of halogens is 1. The van der Waals surface area contributed by atoms with E-state index in [0.717, 1.165) is 4.47 Å². The molecule has 0 radical (unpaired) electrons. The summed E-state index contributed by atoms with van der Waals surface area (Å²) in [5.74, 6) is -0.557. The normalized spacial score (nSPS) is 12.3. The van der Waals surface area contributed by atoms with Crippen LogP contribution in [0.15, 0.2) is 52.0 Å². The number of nitrogens with zero attached hydrogens (tertiary/aromatic N) is 1. The molecule has 0 fully saturated rings. The van der Waals surface area contributed by atoms with Crippen molar-refractivity contribution in [1.82, 2.24) is 5.43 Å². The number of phenolic OH excluding ortho intramolecular Hbond substituents is 1. The number of phenols is 1. The first kappa shape index (κ1) is 16.2. The van der Waals surface area contributed by atoms with Gasteiger partial charge in [0.15, 0.2) is 6.10 Å². The quantitative estimate of drug-likeness (QED) is 0.577. The zero-order chi connectivity index (χ0) is 16.1. The molecule has 1 atom stereocenters. The van der Waals surface area contributed by atoms with Gasteiger partial charge in [0.1, 0.15) is 5.75 Å². The van der Waals surface area contributed by atoms with Gasteiger partial charge in [-0.3, -0.25) is 4.79 Å². The van der Waals surface area contributed by atoms with Crippen LogP contribution in [0.25, 0.3) is 0 Å². The lowest BCUT2D eigenvalue weighted by Crippen LogP contribution is -2.25. The van der Waals surface area contributed by atoms with Gasteiger partial charge in [-0.15, -0.1) is 0 Å². The largest absolute Gasteiger partial charge is 0.507 e. The summed E-state index contributed by atoms with van der Waals surface area (Å²) < 4.78 is 0.792. The molecule has 0 aliphatic rings. The highest BCUT2D eigenvalue weighted by molar-refractivity contribution is 9.10. The van der Waals surface area contributed by atoms with Crippen LogP contribution in [0.4, 0.5) is 0 Å². The smallest absolute Gasteiger partial charge is 0.273 e. The zero-order valence-electron chi connectivity index (χ0n) is 11.8. The zero-order valence-corrected chi connectivity index (χ0v) is 13.4. The van der Waals surface area contributed by atoms with E-state index in [-0.39, 0.29) is 5.75 Å². The monoisotopic (exact) mass is 362 g/mol. The standard InChI is InChI=1S/C16H15BrN2O3/c1-10-7-13(17)8-12(14(10)20)9-18-19-16(22)15(21)11-5-3-2-4-6-11/h2-9,15,20-21H,1H3,(H,19,22)/b18-9+. The lowest BCUT2D eigenvalue weighted by Gasteiger charge is -2.08. The van der Waals surface area contributed by atoms with Gasteiger partial charge in [0.05, 0.1) is 6.21 Å². The van der Waals surface area contributed by atoms with Gasteiger partial charge >= 0.3 is 0 Å². The Balaban J connectivity index is 2.05. The predicted molar refractivity (Wildman–Crippen MR) is 87.7 cm³/mol. The highest BCUT2D eigenvalue weighted by Gasteiger charge is 2.16. The van der Waals surface area contributed by atoms with E-state index in [0.29, 0.717) is 16.7 Å². The van der Waals surface area contributed by atoms with Crippen LogP contribution in [0, 0.1) is 6.92 Å². The molecule has 22 heavy (non-hydrogen) atoms. The number of benzene rings is 2. The molecule has 6 heteroatoms. The van der Waals surface area contributed by atoms with Crippen molar-refractivity contribution in [3.05, 3.63) is 63.6 Å². The Morgan fingerprint density at radius 2 is 2.00 bits per heavy atom. The summed E-state index contributed by atoms with van der Waals surface area (Å²) in [6, 6.07) is 12.0. The fourth-order valence-corrected chi connectivity index (χ4v) is 2.46. The van der Waals surface area contributed by atoms with E-state index < -0.39 is 12.0 Å². The summed E-state index contributed by atoms with van der Waals surface area (Å²) in [5, 5.41) is 23.6. The summed E-state index contributed by atoms with van der Waals surface area (Å²) in [6.07, 6.45) is 0.0269. The number of hydrogen-bond acceptors (Lipinski definition) is 4. The predicted octanol–water partition coefficient (Wildman–Crippen LogP) is 2.65. The minimum atomic E-state index is -1.30. The fourth-order valence-electron chi connectivity index (χ4n) is 1.87. The van der Waals surface area contributed by atoms with Crippen molar-refractivity contribution >= 4 is 28.1 Å². The number of aliphatic hydroxyl groups is 1. The number of rotatable bonds is 4. The number of aryl methyl sites for hydroxylation is 1. The van der Waals surface area contributed by atoms with Gasteiger partial charge in [-0.25, -0.2) is 5.43 Å². The second kappa shape index (κ2) is 7.20. The summed E-state index contributed by atoms with van der Waals surface area (Å²) in [7, 11) is 0. The Morgan fingerprint density at radius 3 is 2.68 bits per heavy atom. The molecule has 0 saturated carbocycles. The van der Waals surface area contributed by atoms with Crippen molar-refractivity contribution in [2.24, 2.45) is 5.10 Å². The third-order valence-corrected chi connectivity index (χ3v) is 3.49. The van der Waals surface area contributed by atoms with Gasteiger partial charge in [-0.1, -0.05) is 46.3 Å². The number of nitrogens with one attached hydrogen (secondary N) is 1. The SMILES string of the molecule is Cc1cc(Br)cc(/C=N/NC(=O)C(O)c2ccccc2)c1O. The Morgan fingerprint density at radius 1 is 1.32 bits per heavy atom. The molecule has 1 unspecified atom stereocenters. The molecule has 114 valence electrons. The molecule has 1 amide bonds. The van der Waals surface area contributed by atoms with Crippen molar-refractivity contribution in [2.75, 3.05) is 0 Å². The molecule has 0 aliphatic carbocycles. The van der Waals surface area contributed by atoms with Gasteiger partial charge in [0.2, 0.25) is 0 Å². The van der Waals surface area contributed by atoms with Crippen molar-refractivity contribution in [2.45, 2.75) is 13.0 Å². The van der Waals surface area contributed by atoms with E-state index in [1.165, 1.54) is 6.21 Å². The van der Waals surface area contributed by atoms with Gasteiger partial charge in [-0.05, 0) is 30.2 Å². The Hall–Kier alpha value is -2.18. The van der Waals surface area contributed by atoms with E-state index in [9.17, 15) is 15.0 Å². The number of carbonyl (C=O) groups is 1. The first-order chi connectivity index (χ1) is 10.5. The second-order valence-corrected chi connectivity index (χ2v) is 5.62. The second-order valence-electron chi connectivity index (χ2n) is 4.71. The number of aliphatic hydroxyl groups excluding tert-OH is 1. The third-order valence-electron chi connectivity index (χ3n) is 3.04. The van der Waals surface area contributed by atoms with Crippen molar-refractivity contribution in [3.63, 3.8) is 0 Å². The molecule has 0 spiro atoms. The van der Waals surface area contributed by atoms with Crippen LogP contribution in [-0.2, 0) is 4.79 Å². The highest BCUT2D eigenvalue weighted by Crippen LogP contribution is 2.25. The average Bonchev–Trinajstić information content (AvgIpc) is 2.51. The molecule has 0 bridgehead atoms. The molecular formula is C16H15BrN2O3. The minimum absolute atomic E-state index is 0.0878. The number of hydrazone groups is 1. The Labute approximate surface area is 136 Å². The lowest BCUT2D eigenvalue weighted by atomic mass is 10.1. The molecule has 2 rings (SSSR count). The van der Waals surface area contributed by atoms with Crippen LogP contribution in [0.2, 0.25) is 0 Å². The Kier molecular flexibility index (Phi) is 5.30. The molecule has 0 saturated heterocycles. The van der Waals surface area contributed by atoms with Gasteiger partial charge in [-0.2, -0.15) is 5.10 Å².